The number of rotatable bonds is 7. The Bertz CT molecular complexity index is 677. The van der Waals surface area contributed by atoms with E-state index in [-0.39, 0.29) is 18.2 Å². The quantitative estimate of drug-likeness (QED) is 0.820. The predicted molar refractivity (Wildman–Crippen MR) is 94.6 cm³/mol. The van der Waals surface area contributed by atoms with Crippen molar-refractivity contribution in [2.24, 2.45) is 5.92 Å². The molecule has 1 amide bonds. The molecule has 0 aliphatic carbocycles. The van der Waals surface area contributed by atoms with E-state index in [4.69, 9.17) is 0 Å². The fourth-order valence-electron chi connectivity index (χ4n) is 2.58. The van der Waals surface area contributed by atoms with Gasteiger partial charge in [0.05, 0.1) is 24.8 Å². The van der Waals surface area contributed by atoms with Gasteiger partial charge in [-0.25, -0.2) is 0 Å². The number of aliphatic hydroxyl groups excluding tert-OH is 1. The maximum Gasteiger partial charge on any atom is 0.222 e. The van der Waals surface area contributed by atoms with E-state index < -0.39 is 6.10 Å². The summed E-state index contributed by atoms with van der Waals surface area (Å²) in [5.41, 5.74) is 4.21. The molecule has 2 aromatic rings. The summed E-state index contributed by atoms with van der Waals surface area (Å²) in [6.07, 6.45) is -0.471. The number of aryl methyl sites for hydroxylation is 1. The third-order valence-corrected chi connectivity index (χ3v) is 4.33. The highest BCUT2D eigenvalue weighted by Gasteiger charge is 2.16. The van der Waals surface area contributed by atoms with Gasteiger partial charge in [0.25, 0.3) is 0 Å². The van der Waals surface area contributed by atoms with Crippen molar-refractivity contribution in [2.45, 2.75) is 53.3 Å². The standard InChI is InChI=1S/C19H27N3O2/c1-13(2)18(23)10-19(24)20-11-17-14(3)21-22(15(17)4)12-16-8-6-5-7-9-16/h5-9,13,18,23H,10-12H2,1-4H3,(H,20,24). The van der Waals surface area contributed by atoms with Crippen LogP contribution in [0.1, 0.15) is 42.8 Å². The molecule has 0 fully saturated rings. The Kier molecular flexibility index (Phi) is 6.15. The van der Waals surface area contributed by atoms with Gasteiger partial charge in [-0.15, -0.1) is 0 Å². The van der Waals surface area contributed by atoms with Crippen LogP contribution < -0.4 is 5.32 Å². The van der Waals surface area contributed by atoms with Gasteiger partial charge in [0.15, 0.2) is 0 Å². The summed E-state index contributed by atoms with van der Waals surface area (Å²) in [5, 5.41) is 17.3. The monoisotopic (exact) mass is 329 g/mol. The van der Waals surface area contributed by atoms with Crippen LogP contribution in [0.2, 0.25) is 0 Å². The largest absolute Gasteiger partial charge is 0.392 e. The summed E-state index contributed by atoms with van der Waals surface area (Å²) >= 11 is 0. The molecule has 5 nitrogen and oxygen atoms in total. The van der Waals surface area contributed by atoms with Crippen molar-refractivity contribution in [2.75, 3.05) is 0 Å². The van der Waals surface area contributed by atoms with E-state index in [1.165, 1.54) is 5.56 Å². The minimum absolute atomic E-state index is 0.0767. The Hall–Kier alpha value is -2.14. The number of aliphatic hydroxyl groups is 1. The van der Waals surface area contributed by atoms with Crippen molar-refractivity contribution in [1.82, 2.24) is 15.1 Å². The Morgan fingerprint density at radius 1 is 1.25 bits per heavy atom. The number of hydrogen-bond donors (Lipinski definition) is 2. The summed E-state index contributed by atoms with van der Waals surface area (Å²) in [6, 6.07) is 10.2. The van der Waals surface area contributed by atoms with E-state index >= 15 is 0 Å². The minimum Gasteiger partial charge on any atom is -0.392 e. The molecule has 2 rings (SSSR count). The Labute approximate surface area is 143 Å². The van der Waals surface area contributed by atoms with E-state index in [2.05, 4.69) is 22.5 Å². The van der Waals surface area contributed by atoms with Gasteiger partial charge in [-0.1, -0.05) is 44.2 Å². The molecule has 1 aromatic heterocycles. The topological polar surface area (TPSA) is 67.2 Å². The number of carbonyl (C=O) groups excluding carboxylic acids is 1. The predicted octanol–water partition coefficient (Wildman–Crippen LogP) is 2.57. The SMILES string of the molecule is Cc1nn(Cc2ccccc2)c(C)c1CNC(=O)CC(O)C(C)C. The van der Waals surface area contributed by atoms with E-state index in [1.54, 1.807) is 0 Å². The minimum atomic E-state index is -0.604. The van der Waals surface area contributed by atoms with Gasteiger partial charge in [0.1, 0.15) is 0 Å². The molecule has 0 spiro atoms. The zero-order valence-electron chi connectivity index (χ0n) is 14.9. The molecule has 2 N–H and O–H groups in total. The van der Waals surface area contributed by atoms with Crippen molar-refractivity contribution in [3.05, 3.63) is 52.8 Å². The van der Waals surface area contributed by atoms with Crippen molar-refractivity contribution in [3.8, 4) is 0 Å². The van der Waals surface area contributed by atoms with Gasteiger partial charge in [-0.2, -0.15) is 5.10 Å². The highest BCUT2D eigenvalue weighted by molar-refractivity contribution is 5.76. The first kappa shape index (κ1) is 18.2. The van der Waals surface area contributed by atoms with Gasteiger partial charge < -0.3 is 10.4 Å². The number of benzene rings is 1. The second-order valence-corrected chi connectivity index (χ2v) is 6.58. The maximum absolute atomic E-state index is 12.0. The molecule has 0 saturated heterocycles. The first-order valence-corrected chi connectivity index (χ1v) is 8.40. The molecule has 0 aliphatic heterocycles. The van der Waals surface area contributed by atoms with Gasteiger partial charge in [-0.05, 0) is 25.3 Å². The Balaban J connectivity index is 2.00. The highest BCUT2D eigenvalue weighted by Crippen LogP contribution is 2.15. The number of nitrogens with zero attached hydrogens (tertiary/aromatic N) is 2. The van der Waals surface area contributed by atoms with Crippen LogP contribution >= 0.6 is 0 Å². The summed E-state index contributed by atoms with van der Waals surface area (Å²) in [5.74, 6) is -0.0568. The zero-order valence-corrected chi connectivity index (χ0v) is 14.9. The number of nitrogens with one attached hydrogen (secondary N) is 1. The van der Waals surface area contributed by atoms with Crippen LogP contribution in [0.25, 0.3) is 0 Å². The van der Waals surface area contributed by atoms with E-state index in [1.807, 2.05) is 50.6 Å². The van der Waals surface area contributed by atoms with Crippen molar-refractivity contribution in [1.29, 1.82) is 0 Å². The molecule has 0 aliphatic rings. The lowest BCUT2D eigenvalue weighted by Crippen LogP contribution is -2.29. The van der Waals surface area contributed by atoms with Crippen molar-refractivity contribution in [3.63, 3.8) is 0 Å². The molecule has 1 unspecified atom stereocenters. The first-order valence-electron chi connectivity index (χ1n) is 8.40. The molecule has 130 valence electrons. The van der Waals surface area contributed by atoms with E-state index in [0.717, 1.165) is 17.0 Å². The van der Waals surface area contributed by atoms with Crippen LogP contribution in [0.15, 0.2) is 30.3 Å². The lowest BCUT2D eigenvalue weighted by molar-refractivity contribution is -0.123. The number of hydrogen-bond acceptors (Lipinski definition) is 3. The normalized spacial score (nSPS) is 12.4. The van der Waals surface area contributed by atoms with Crippen LogP contribution in [0, 0.1) is 19.8 Å². The molecular formula is C19H27N3O2. The summed E-state index contributed by atoms with van der Waals surface area (Å²) in [7, 11) is 0. The number of amides is 1. The average molecular weight is 329 g/mol. The lowest BCUT2D eigenvalue weighted by Gasteiger charge is -2.14. The average Bonchev–Trinajstić information content (AvgIpc) is 2.80. The first-order chi connectivity index (χ1) is 11.4. The number of carbonyl (C=O) groups is 1. The van der Waals surface area contributed by atoms with Crippen molar-refractivity contribution >= 4 is 5.91 Å². The van der Waals surface area contributed by atoms with Gasteiger partial charge in [0, 0.05) is 17.8 Å². The van der Waals surface area contributed by atoms with E-state index in [0.29, 0.717) is 13.1 Å². The molecule has 24 heavy (non-hydrogen) atoms. The van der Waals surface area contributed by atoms with Crippen LogP contribution in [-0.2, 0) is 17.9 Å². The second-order valence-electron chi connectivity index (χ2n) is 6.58. The van der Waals surface area contributed by atoms with E-state index in [9.17, 15) is 9.90 Å². The third kappa shape index (κ3) is 4.68. The van der Waals surface area contributed by atoms with Gasteiger partial charge >= 0.3 is 0 Å². The zero-order chi connectivity index (χ0) is 17.7. The molecule has 1 heterocycles. The lowest BCUT2D eigenvalue weighted by atomic mass is 10.0. The molecule has 5 heteroatoms. The summed E-state index contributed by atoms with van der Waals surface area (Å²) < 4.78 is 1.97. The molecule has 1 aromatic carbocycles. The summed E-state index contributed by atoms with van der Waals surface area (Å²) in [4.78, 5) is 12.0. The van der Waals surface area contributed by atoms with Crippen LogP contribution in [-0.4, -0.2) is 26.9 Å². The molecule has 0 bridgehead atoms. The summed E-state index contributed by atoms with van der Waals surface area (Å²) in [6.45, 7) is 8.94. The van der Waals surface area contributed by atoms with Crippen LogP contribution in [0.5, 0.6) is 0 Å². The smallest absolute Gasteiger partial charge is 0.222 e. The van der Waals surface area contributed by atoms with Crippen LogP contribution in [0.4, 0.5) is 0 Å². The van der Waals surface area contributed by atoms with Crippen LogP contribution in [0.3, 0.4) is 0 Å². The fourth-order valence-corrected chi connectivity index (χ4v) is 2.58. The Morgan fingerprint density at radius 2 is 1.92 bits per heavy atom. The van der Waals surface area contributed by atoms with Crippen molar-refractivity contribution < 1.29 is 9.90 Å². The second kappa shape index (κ2) is 8.11. The molecular weight excluding hydrogens is 302 g/mol. The molecule has 0 radical (unpaired) electrons. The third-order valence-electron chi connectivity index (χ3n) is 4.33. The van der Waals surface area contributed by atoms with Gasteiger partial charge in [-0.3, -0.25) is 9.48 Å². The number of aromatic nitrogens is 2. The Morgan fingerprint density at radius 3 is 2.54 bits per heavy atom. The molecule has 0 saturated carbocycles. The van der Waals surface area contributed by atoms with Gasteiger partial charge in [0.2, 0.25) is 5.91 Å². The highest BCUT2D eigenvalue weighted by atomic mass is 16.3. The molecule has 1 atom stereocenters. The fraction of sp³-hybridized carbons (Fsp3) is 0.474. The maximum atomic E-state index is 12.0.